The van der Waals surface area contributed by atoms with Crippen molar-refractivity contribution in [3.05, 3.63) is 34.9 Å². The van der Waals surface area contributed by atoms with Crippen molar-refractivity contribution in [2.75, 3.05) is 13.1 Å². The fraction of sp³-hybridized carbons (Fsp3) is 0.600. The molecule has 4 heteroatoms. The predicted molar refractivity (Wildman–Crippen MR) is 69.9 cm³/mol. The molecule has 0 saturated heterocycles. The van der Waals surface area contributed by atoms with Gasteiger partial charge < -0.3 is 0 Å². The second kappa shape index (κ2) is 4.82. The average molecular weight is 271 g/mol. The summed E-state index contributed by atoms with van der Waals surface area (Å²) in [4.78, 5) is 2.12. The van der Waals surface area contributed by atoms with E-state index in [-0.39, 0.29) is 5.41 Å². The maximum Gasteiger partial charge on any atom is 0.416 e. The lowest BCUT2D eigenvalue weighted by molar-refractivity contribution is -0.138. The highest BCUT2D eigenvalue weighted by Gasteiger charge is 2.35. The normalized spacial score (nSPS) is 17.4. The van der Waals surface area contributed by atoms with Crippen molar-refractivity contribution in [3.63, 3.8) is 0 Å². The van der Waals surface area contributed by atoms with Gasteiger partial charge in [0, 0.05) is 19.6 Å². The van der Waals surface area contributed by atoms with Crippen molar-refractivity contribution in [3.8, 4) is 0 Å². The standard InChI is InChI=1S/C15H20F3N/c1-14(2,3)10-19-8-7-11-5-4-6-13(12(11)9-19)15(16,17)18/h4-6H,7-10H2,1-3H3. The highest BCUT2D eigenvalue weighted by molar-refractivity contribution is 5.38. The molecule has 0 spiro atoms. The Morgan fingerprint density at radius 2 is 1.84 bits per heavy atom. The maximum absolute atomic E-state index is 13.0. The lowest BCUT2D eigenvalue weighted by Crippen LogP contribution is -2.37. The quantitative estimate of drug-likeness (QED) is 0.743. The molecule has 1 aromatic carbocycles. The molecule has 1 aliphatic rings. The molecule has 19 heavy (non-hydrogen) atoms. The van der Waals surface area contributed by atoms with Crippen LogP contribution in [-0.4, -0.2) is 18.0 Å². The molecule has 0 unspecified atom stereocenters. The Bertz CT molecular complexity index is 457. The molecule has 0 atom stereocenters. The van der Waals surface area contributed by atoms with Gasteiger partial charge in [0.05, 0.1) is 5.56 Å². The molecule has 1 aromatic rings. The van der Waals surface area contributed by atoms with E-state index in [1.54, 1.807) is 0 Å². The highest BCUT2D eigenvalue weighted by Crippen LogP contribution is 2.36. The zero-order chi connectivity index (χ0) is 14.3. The largest absolute Gasteiger partial charge is 0.416 e. The Morgan fingerprint density at radius 1 is 1.16 bits per heavy atom. The lowest BCUT2D eigenvalue weighted by atomic mass is 9.91. The summed E-state index contributed by atoms with van der Waals surface area (Å²) < 4.78 is 39.1. The van der Waals surface area contributed by atoms with Gasteiger partial charge in [-0.3, -0.25) is 4.90 Å². The predicted octanol–water partition coefficient (Wildman–Crippen LogP) is 4.11. The number of alkyl halides is 3. The number of halogens is 3. The molecular weight excluding hydrogens is 251 g/mol. The van der Waals surface area contributed by atoms with Crippen LogP contribution in [0.2, 0.25) is 0 Å². The molecule has 0 aliphatic carbocycles. The van der Waals surface area contributed by atoms with Crippen LogP contribution in [0.15, 0.2) is 18.2 Å². The Labute approximate surface area is 112 Å². The number of fused-ring (bicyclic) bond motifs is 1. The van der Waals surface area contributed by atoms with Crippen LogP contribution in [0.1, 0.15) is 37.5 Å². The first kappa shape index (κ1) is 14.4. The van der Waals surface area contributed by atoms with Gasteiger partial charge in [-0.15, -0.1) is 0 Å². The Balaban J connectivity index is 2.28. The van der Waals surface area contributed by atoms with E-state index in [0.717, 1.165) is 18.7 Å². The van der Waals surface area contributed by atoms with Crippen LogP contribution in [0.5, 0.6) is 0 Å². The third kappa shape index (κ3) is 3.50. The molecule has 0 amide bonds. The van der Waals surface area contributed by atoms with Crippen molar-refractivity contribution in [1.29, 1.82) is 0 Å². The van der Waals surface area contributed by atoms with E-state index in [1.165, 1.54) is 12.1 Å². The minimum atomic E-state index is -4.25. The van der Waals surface area contributed by atoms with Gasteiger partial charge in [0.15, 0.2) is 0 Å². The van der Waals surface area contributed by atoms with E-state index in [0.29, 0.717) is 18.5 Å². The van der Waals surface area contributed by atoms with E-state index in [9.17, 15) is 13.2 Å². The van der Waals surface area contributed by atoms with Crippen LogP contribution in [0.25, 0.3) is 0 Å². The minimum Gasteiger partial charge on any atom is -0.298 e. The van der Waals surface area contributed by atoms with Gasteiger partial charge in [-0.25, -0.2) is 0 Å². The van der Waals surface area contributed by atoms with Crippen molar-refractivity contribution < 1.29 is 13.2 Å². The molecule has 1 nitrogen and oxygen atoms in total. The van der Waals surface area contributed by atoms with E-state index in [1.807, 2.05) is 6.07 Å². The second-order valence-corrected chi connectivity index (χ2v) is 6.46. The van der Waals surface area contributed by atoms with Gasteiger partial charge in [0.2, 0.25) is 0 Å². The number of nitrogens with zero attached hydrogens (tertiary/aromatic N) is 1. The molecule has 0 saturated carbocycles. The lowest BCUT2D eigenvalue weighted by Gasteiger charge is -2.35. The smallest absolute Gasteiger partial charge is 0.298 e. The Hall–Kier alpha value is -1.03. The minimum absolute atomic E-state index is 0.102. The summed E-state index contributed by atoms with van der Waals surface area (Å²) in [6.45, 7) is 8.39. The molecule has 0 N–H and O–H groups in total. The van der Waals surface area contributed by atoms with Crippen LogP contribution >= 0.6 is 0 Å². The summed E-state index contributed by atoms with van der Waals surface area (Å²) in [5, 5.41) is 0. The van der Waals surface area contributed by atoms with Gasteiger partial charge in [0.1, 0.15) is 0 Å². The molecule has 1 aliphatic heterocycles. The third-order valence-corrected chi connectivity index (χ3v) is 3.36. The first-order valence-electron chi connectivity index (χ1n) is 6.57. The summed E-state index contributed by atoms with van der Waals surface area (Å²) >= 11 is 0. The average Bonchev–Trinajstić information content (AvgIpc) is 2.24. The molecule has 0 radical (unpaired) electrons. The molecule has 0 fully saturated rings. The molecule has 1 heterocycles. The van der Waals surface area contributed by atoms with Crippen molar-refractivity contribution in [1.82, 2.24) is 4.90 Å². The van der Waals surface area contributed by atoms with Gasteiger partial charge in [-0.05, 0) is 29.0 Å². The molecule has 0 bridgehead atoms. The van der Waals surface area contributed by atoms with Crippen LogP contribution in [0, 0.1) is 5.41 Å². The number of hydrogen-bond donors (Lipinski definition) is 0. The fourth-order valence-electron chi connectivity index (χ4n) is 2.71. The number of rotatable bonds is 1. The zero-order valence-electron chi connectivity index (χ0n) is 11.6. The monoisotopic (exact) mass is 271 g/mol. The third-order valence-electron chi connectivity index (χ3n) is 3.36. The van der Waals surface area contributed by atoms with Crippen molar-refractivity contribution in [2.45, 2.75) is 39.9 Å². The first-order chi connectivity index (χ1) is 8.67. The van der Waals surface area contributed by atoms with E-state index >= 15 is 0 Å². The molecular formula is C15H20F3N. The summed E-state index contributed by atoms with van der Waals surface area (Å²) in [5.41, 5.74) is 0.944. The van der Waals surface area contributed by atoms with Crippen LogP contribution in [-0.2, 0) is 19.1 Å². The summed E-state index contributed by atoms with van der Waals surface area (Å²) in [7, 11) is 0. The number of benzene rings is 1. The van der Waals surface area contributed by atoms with Crippen molar-refractivity contribution >= 4 is 0 Å². The first-order valence-corrected chi connectivity index (χ1v) is 6.57. The molecule has 0 aromatic heterocycles. The van der Waals surface area contributed by atoms with Crippen LogP contribution in [0.4, 0.5) is 13.2 Å². The van der Waals surface area contributed by atoms with E-state index in [2.05, 4.69) is 25.7 Å². The van der Waals surface area contributed by atoms with Gasteiger partial charge >= 0.3 is 6.18 Å². The molecule has 2 rings (SSSR count). The van der Waals surface area contributed by atoms with E-state index in [4.69, 9.17) is 0 Å². The SMILES string of the molecule is CC(C)(C)CN1CCc2cccc(C(F)(F)F)c2C1. The highest BCUT2D eigenvalue weighted by atomic mass is 19.4. The summed E-state index contributed by atoms with van der Waals surface area (Å²) in [6.07, 6.45) is -3.55. The van der Waals surface area contributed by atoms with Crippen LogP contribution < -0.4 is 0 Å². The second-order valence-electron chi connectivity index (χ2n) is 6.46. The zero-order valence-corrected chi connectivity index (χ0v) is 11.6. The van der Waals surface area contributed by atoms with Crippen LogP contribution in [0.3, 0.4) is 0 Å². The van der Waals surface area contributed by atoms with E-state index < -0.39 is 11.7 Å². The summed E-state index contributed by atoms with van der Waals surface area (Å²) in [5.74, 6) is 0. The van der Waals surface area contributed by atoms with Crippen molar-refractivity contribution in [2.24, 2.45) is 5.41 Å². The van der Waals surface area contributed by atoms with Gasteiger partial charge in [-0.1, -0.05) is 32.9 Å². The fourth-order valence-corrected chi connectivity index (χ4v) is 2.71. The topological polar surface area (TPSA) is 3.24 Å². The van der Waals surface area contributed by atoms with Gasteiger partial charge in [-0.2, -0.15) is 13.2 Å². The Kier molecular flexibility index (Phi) is 3.65. The molecule has 106 valence electrons. The Morgan fingerprint density at radius 3 is 2.42 bits per heavy atom. The van der Waals surface area contributed by atoms with Gasteiger partial charge in [0.25, 0.3) is 0 Å². The summed E-state index contributed by atoms with van der Waals surface area (Å²) in [6, 6.07) is 4.53. The maximum atomic E-state index is 13.0. The number of hydrogen-bond acceptors (Lipinski definition) is 1.